The normalized spacial score (nSPS) is 25.0. The number of aliphatic imine (C=N–C) groups is 1. The van der Waals surface area contributed by atoms with E-state index < -0.39 is 66.6 Å². The maximum Gasteiger partial charge on any atom is 0.305 e. The first-order chi connectivity index (χ1) is 22.3. The van der Waals surface area contributed by atoms with Gasteiger partial charge in [-0.2, -0.15) is 0 Å². The van der Waals surface area contributed by atoms with E-state index in [0.29, 0.717) is 25.7 Å². The highest BCUT2D eigenvalue weighted by atomic mass is 16.4. The Labute approximate surface area is 276 Å². The van der Waals surface area contributed by atoms with E-state index in [-0.39, 0.29) is 43.0 Å². The summed E-state index contributed by atoms with van der Waals surface area (Å²) in [5.74, 6) is -5.51. The number of aliphatic carboxylic acids is 1. The molecule has 0 aliphatic carbocycles. The van der Waals surface area contributed by atoms with Gasteiger partial charge in [0, 0.05) is 25.3 Å². The van der Waals surface area contributed by atoms with Gasteiger partial charge >= 0.3 is 5.97 Å². The van der Waals surface area contributed by atoms with Crippen LogP contribution in [0, 0.1) is 17.8 Å². The van der Waals surface area contributed by atoms with Crippen LogP contribution in [0.2, 0.25) is 0 Å². The first kappa shape index (κ1) is 38.7. The Morgan fingerprint density at radius 2 is 1.53 bits per heavy atom. The van der Waals surface area contributed by atoms with Crippen molar-refractivity contribution < 1.29 is 33.9 Å². The van der Waals surface area contributed by atoms with Crippen LogP contribution in [0.1, 0.15) is 77.7 Å². The quantitative estimate of drug-likeness (QED) is 0.0954. The molecule has 260 valence electrons. The third-order valence-corrected chi connectivity index (χ3v) is 8.53. The number of carbonyl (C=O) groups is 6. The number of hydrogen-bond acceptors (Lipinski definition) is 7. The van der Waals surface area contributed by atoms with Gasteiger partial charge in [-0.05, 0) is 36.7 Å². The molecule has 1 aromatic rings. The number of amides is 4. The lowest BCUT2D eigenvalue weighted by Crippen LogP contribution is -2.57. The van der Waals surface area contributed by atoms with E-state index >= 15 is 0 Å². The van der Waals surface area contributed by atoms with Crippen molar-refractivity contribution in [3.63, 3.8) is 0 Å². The summed E-state index contributed by atoms with van der Waals surface area (Å²) in [5, 5.41) is 19.9. The van der Waals surface area contributed by atoms with Crippen molar-refractivity contribution in [2.24, 2.45) is 34.2 Å². The van der Waals surface area contributed by atoms with Gasteiger partial charge in [0.25, 0.3) is 0 Å². The number of hydrogen-bond donors (Lipinski definition) is 7. The number of unbranched alkanes of at least 4 members (excludes halogenated alkanes) is 2. The standard InChI is InChI=1S/C33H51N7O7/c1-4-5-7-14-24-27(41)16-20(2)21(3)23(13-10-15-36-33(34)35)30(45)37-19-28(42)38-26(18-29(43)44)32(47)40-25(31(46)39-24)17-22-11-8-6-9-12-22/h6,8-9,11-12,20-21,23-26H,4-5,7,10,13-19H2,1-3H3,(H,37,45)(H,38,42)(H,39,46)(H,40,47)(H,43,44)(H4,34,35,36)/t20-,21?,23-,24+,25-,26+/m1/s1. The molecule has 0 aromatic heterocycles. The van der Waals surface area contributed by atoms with Gasteiger partial charge in [0.15, 0.2) is 11.7 Å². The van der Waals surface area contributed by atoms with Crippen molar-refractivity contribution in [2.75, 3.05) is 13.1 Å². The number of carboxylic acids is 1. The summed E-state index contributed by atoms with van der Waals surface area (Å²) >= 11 is 0. The van der Waals surface area contributed by atoms with Gasteiger partial charge in [-0.1, -0.05) is 70.4 Å². The Balaban J connectivity index is 2.48. The molecule has 47 heavy (non-hydrogen) atoms. The maximum absolute atomic E-state index is 13.8. The number of Topliss-reactive ketones (excluding diaryl/α,β-unsaturated/α-hetero) is 1. The molecule has 2 rings (SSSR count). The van der Waals surface area contributed by atoms with E-state index in [0.717, 1.165) is 18.4 Å². The van der Waals surface area contributed by atoms with Gasteiger partial charge in [0.05, 0.1) is 19.0 Å². The van der Waals surface area contributed by atoms with Crippen LogP contribution in [-0.4, -0.2) is 77.7 Å². The average molecular weight is 658 g/mol. The number of nitrogens with two attached hydrogens (primary N) is 2. The van der Waals surface area contributed by atoms with E-state index in [1.165, 1.54) is 0 Å². The SMILES string of the molecule is CCCCC[C@@H]1NC(=O)[C@@H](Cc2ccccc2)NC(=O)[C@H](CC(=O)O)NC(=O)CNC(=O)[C@H](CCCN=C(N)N)C(C)[C@H](C)CC1=O. The third kappa shape index (κ3) is 13.8. The average Bonchev–Trinajstić information content (AvgIpc) is 3.01. The van der Waals surface area contributed by atoms with E-state index in [4.69, 9.17) is 11.5 Å². The molecule has 0 radical (unpaired) electrons. The molecule has 0 spiro atoms. The monoisotopic (exact) mass is 657 g/mol. The fourth-order valence-corrected chi connectivity index (χ4v) is 5.64. The van der Waals surface area contributed by atoms with Crippen LogP contribution in [0.15, 0.2) is 35.3 Å². The highest BCUT2D eigenvalue weighted by molar-refractivity contribution is 5.96. The van der Waals surface area contributed by atoms with Gasteiger partial charge in [0.1, 0.15) is 12.1 Å². The molecule has 6 atom stereocenters. The minimum Gasteiger partial charge on any atom is -0.481 e. The molecule has 14 nitrogen and oxygen atoms in total. The van der Waals surface area contributed by atoms with Crippen molar-refractivity contribution in [1.29, 1.82) is 0 Å². The van der Waals surface area contributed by atoms with Crippen molar-refractivity contribution in [3.8, 4) is 0 Å². The predicted molar refractivity (Wildman–Crippen MR) is 177 cm³/mol. The van der Waals surface area contributed by atoms with Crippen molar-refractivity contribution in [2.45, 2.75) is 96.7 Å². The Kier molecular flexibility index (Phi) is 16.4. The molecule has 0 saturated carbocycles. The fraction of sp³-hybridized carbons (Fsp3) is 0.606. The molecular formula is C33H51N7O7. The second-order valence-electron chi connectivity index (χ2n) is 12.3. The Hall–Kier alpha value is -4.49. The summed E-state index contributed by atoms with van der Waals surface area (Å²) in [6, 6.07) is 5.39. The number of guanidine groups is 1. The van der Waals surface area contributed by atoms with E-state index in [2.05, 4.69) is 26.3 Å². The molecule has 4 amide bonds. The Morgan fingerprint density at radius 1 is 0.872 bits per heavy atom. The lowest BCUT2D eigenvalue weighted by molar-refractivity contribution is -0.141. The number of carboxylic acid groups (broad SMARTS) is 1. The van der Waals surface area contributed by atoms with Crippen LogP contribution in [0.4, 0.5) is 0 Å². The number of nitrogens with zero attached hydrogens (tertiary/aromatic N) is 1. The first-order valence-electron chi connectivity index (χ1n) is 16.3. The Morgan fingerprint density at radius 3 is 2.17 bits per heavy atom. The third-order valence-electron chi connectivity index (χ3n) is 8.53. The zero-order chi connectivity index (χ0) is 34.9. The number of benzene rings is 1. The lowest BCUT2D eigenvalue weighted by Gasteiger charge is -2.29. The van der Waals surface area contributed by atoms with Gasteiger partial charge in [0.2, 0.25) is 23.6 Å². The summed E-state index contributed by atoms with van der Waals surface area (Å²) in [6.45, 7) is 5.54. The summed E-state index contributed by atoms with van der Waals surface area (Å²) in [5.41, 5.74) is 11.6. The fourth-order valence-electron chi connectivity index (χ4n) is 5.64. The molecular weight excluding hydrogens is 606 g/mol. The highest BCUT2D eigenvalue weighted by Crippen LogP contribution is 2.28. The molecule has 1 aliphatic heterocycles. The Bertz CT molecular complexity index is 1250. The number of carbonyl (C=O) groups excluding carboxylic acids is 5. The van der Waals surface area contributed by atoms with Crippen LogP contribution in [0.3, 0.4) is 0 Å². The van der Waals surface area contributed by atoms with Gasteiger partial charge in [-0.3, -0.25) is 33.8 Å². The molecule has 1 saturated heterocycles. The summed E-state index contributed by atoms with van der Waals surface area (Å²) in [6.07, 6.45) is 3.07. The smallest absolute Gasteiger partial charge is 0.305 e. The minimum absolute atomic E-state index is 0.0625. The van der Waals surface area contributed by atoms with Crippen LogP contribution in [-0.2, 0) is 35.2 Å². The number of rotatable bonds is 12. The second kappa shape index (κ2) is 19.9. The molecule has 1 unspecified atom stereocenters. The predicted octanol–water partition coefficient (Wildman–Crippen LogP) is 0.770. The minimum atomic E-state index is -1.53. The van der Waals surface area contributed by atoms with Crippen LogP contribution in [0.5, 0.6) is 0 Å². The van der Waals surface area contributed by atoms with Crippen molar-refractivity contribution >= 4 is 41.3 Å². The van der Waals surface area contributed by atoms with Crippen molar-refractivity contribution in [3.05, 3.63) is 35.9 Å². The topological polar surface area (TPSA) is 235 Å². The molecule has 1 heterocycles. The van der Waals surface area contributed by atoms with E-state index in [1.54, 1.807) is 30.3 Å². The molecule has 1 aliphatic rings. The summed E-state index contributed by atoms with van der Waals surface area (Å²) < 4.78 is 0. The molecule has 0 bridgehead atoms. The maximum atomic E-state index is 13.8. The van der Waals surface area contributed by atoms with E-state index in [9.17, 15) is 33.9 Å². The van der Waals surface area contributed by atoms with Crippen molar-refractivity contribution in [1.82, 2.24) is 21.3 Å². The number of ketones is 1. The second-order valence-corrected chi connectivity index (χ2v) is 12.3. The molecule has 14 heteroatoms. The molecule has 1 aromatic carbocycles. The summed E-state index contributed by atoms with van der Waals surface area (Å²) in [4.78, 5) is 82.8. The van der Waals surface area contributed by atoms with Gasteiger partial charge in [-0.15, -0.1) is 0 Å². The zero-order valence-corrected chi connectivity index (χ0v) is 27.6. The van der Waals surface area contributed by atoms with Crippen LogP contribution < -0.4 is 32.7 Å². The van der Waals surface area contributed by atoms with Crippen LogP contribution in [0.25, 0.3) is 0 Å². The van der Waals surface area contributed by atoms with Crippen LogP contribution >= 0.6 is 0 Å². The van der Waals surface area contributed by atoms with E-state index in [1.807, 2.05) is 20.8 Å². The highest BCUT2D eigenvalue weighted by Gasteiger charge is 2.34. The summed E-state index contributed by atoms with van der Waals surface area (Å²) in [7, 11) is 0. The number of nitrogens with one attached hydrogen (secondary N) is 4. The first-order valence-corrected chi connectivity index (χ1v) is 16.3. The van der Waals surface area contributed by atoms with Gasteiger partial charge in [-0.25, -0.2) is 0 Å². The molecule has 9 N–H and O–H groups in total. The van der Waals surface area contributed by atoms with Gasteiger partial charge < -0.3 is 37.8 Å². The molecule has 1 fully saturated rings. The zero-order valence-electron chi connectivity index (χ0n) is 27.6. The largest absolute Gasteiger partial charge is 0.481 e. The lowest BCUT2D eigenvalue weighted by atomic mass is 9.78.